The van der Waals surface area contributed by atoms with Crippen molar-refractivity contribution in [1.82, 2.24) is 0 Å². The summed E-state index contributed by atoms with van der Waals surface area (Å²) >= 11 is 0. The predicted molar refractivity (Wildman–Crippen MR) is 145 cm³/mol. The van der Waals surface area contributed by atoms with Gasteiger partial charge in [0.05, 0.1) is 0 Å². The summed E-state index contributed by atoms with van der Waals surface area (Å²) in [5.74, 6) is 3.79. The summed E-state index contributed by atoms with van der Waals surface area (Å²) in [6, 6.07) is 0. The van der Waals surface area contributed by atoms with Gasteiger partial charge in [-0.25, -0.2) is 0 Å². The monoisotopic (exact) mass is 470 g/mol. The molecule has 1 aromatic rings. The van der Waals surface area contributed by atoms with Crippen molar-refractivity contribution in [3.63, 3.8) is 0 Å². The minimum Gasteiger partial charge on any atom is -0.483 e. The molecule has 3 nitrogen and oxygen atoms in total. The molecule has 0 bridgehead atoms. The zero-order valence-corrected chi connectivity index (χ0v) is 23.5. The Kier molecular flexibility index (Phi) is 10.7. The minimum atomic E-state index is -0.287. The van der Waals surface area contributed by atoms with E-state index in [1.54, 1.807) is 0 Å². The maximum atomic E-state index is 11.6. The largest absolute Gasteiger partial charge is 0.483 e. The Bertz CT molecular complexity index is 851. The van der Waals surface area contributed by atoms with Crippen molar-refractivity contribution in [2.45, 2.75) is 126 Å². The summed E-state index contributed by atoms with van der Waals surface area (Å²) in [7, 11) is 0. The molecule has 0 radical (unpaired) electrons. The van der Waals surface area contributed by atoms with Gasteiger partial charge in [0.2, 0.25) is 0 Å². The lowest BCUT2D eigenvalue weighted by Crippen LogP contribution is -2.32. The molecule has 3 atom stereocenters. The van der Waals surface area contributed by atoms with Crippen molar-refractivity contribution in [3.05, 3.63) is 28.3 Å². The van der Waals surface area contributed by atoms with Crippen molar-refractivity contribution in [3.8, 4) is 11.5 Å². The third-order valence-electron chi connectivity index (χ3n) is 7.66. The second-order valence-electron chi connectivity index (χ2n) is 11.6. The molecule has 2 unspecified atom stereocenters. The highest BCUT2D eigenvalue weighted by atomic mass is 16.5. The van der Waals surface area contributed by atoms with Gasteiger partial charge >= 0.3 is 5.97 Å². The van der Waals surface area contributed by atoms with Crippen LogP contribution in [0.4, 0.5) is 0 Å². The molecule has 1 aliphatic rings. The van der Waals surface area contributed by atoms with Gasteiger partial charge < -0.3 is 9.47 Å². The highest BCUT2D eigenvalue weighted by Crippen LogP contribution is 2.43. The average molecular weight is 471 g/mol. The molecule has 2 rings (SSSR count). The number of rotatable bonds is 13. The van der Waals surface area contributed by atoms with Crippen molar-refractivity contribution >= 4 is 12.0 Å². The SMILES string of the molecule is CC(=O)Oc1c(C)c(C)c2c(c1C)C=C[C@](C)(CCCC(C)CCCC(C)CCCC(C)C)O2. The lowest BCUT2D eigenvalue weighted by molar-refractivity contribution is -0.132. The van der Waals surface area contributed by atoms with Crippen LogP contribution in [0, 0.1) is 38.5 Å². The molecule has 0 aromatic heterocycles. The fourth-order valence-electron chi connectivity index (χ4n) is 5.19. The first-order valence-electron chi connectivity index (χ1n) is 13.6. The third kappa shape index (κ3) is 8.17. The Morgan fingerprint density at radius 3 is 2.00 bits per heavy atom. The Hall–Kier alpha value is -1.77. The van der Waals surface area contributed by atoms with Crippen LogP contribution < -0.4 is 9.47 Å². The summed E-state index contributed by atoms with van der Waals surface area (Å²) in [5, 5.41) is 0. The number of hydrogen-bond acceptors (Lipinski definition) is 3. The van der Waals surface area contributed by atoms with E-state index >= 15 is 0 Å². The molecule has 0 fully saturated rings. The van der Waals surface area contributed by atoms with E-state index in [1.807, 2.05) is 13.8 Å². The standard InChI is InChI=1S/C31H50O3/c1-21(2)13-10-14-22(3)15-11-16-23(4)17-12-19-31(9)20-18-28-26(7)29(33-27(8)32)24(5)25(6)30(28)34-31/h18,20-23H,10-17,19H2,1-9H3/t22?,23?,31-/m0/s1. The molecular weight excluding hydrogens is 420 g/mol. The van der Waals surface area contributed by atoms with Gasteiger partial charge in [-0.1, -0.05) is 78.7 Å². The number of carbonyl (C=O) groups is 1. The van der Waals surface area contributed by atoms with Crippen molar-refractivity contribution in [2.75, 3.05) is 0 Å². The van der Waals surface area contributed by atoms with Crippen LogP contribution in [-0.4, -0.2) is 11.6 Å². The maximum absolute atomic E-state index is 11.6. The van der Waals surface area contributed by atoms with Gasteiger partial charge in [-0.15, -0.1) is 0 Å². The topological polar surface area (TPSA) is 35.5 Å². The van der Waals surface area contributed by atoms with Crippen LogP contribution in [0.25, 0.3) is 6.08 Å². The zero-order valence-electron chi connectivity index (χ0n) is 23.5. The number of carbonyl (C=O) groups excluding carboxylic acids is 1. The third-order valence-corrected chi connectivity index (χ3v) is 7.66. The molecule has 0 saturated carbocycles. The van der Waals surface area contributed by atoms with Gasteiger partial charge in [0.25, 0.3) is 0 Å². The summed E-state index contributed by atoms with van der Waals surface area (Å²) in [5.41, 5.74) is 3.76. The lowest BCUT2D eigenvalue weighted by Gasteiger charge is -2.34. The van der Waals surface area contributed by atoms with E-state index in [2.05, 4.69) is 53.7 Å². The lowest BCUT2D eigenvalue weighted by atomic mass is 9.88. The van der Waals surface area contributed by atoms with Gasteiger partial charge in [-0.05, 0) is 75.5 Å². The normalized spacial score (nSPS) is 19.0. The number of hydrogen-bond donors (Lipinski definition) is 0. The number of ether oxygens (including phenoxy) is 2. The molecule has 1 aromatic carbocycles. The van der Waals surface area contributed by atoms with Gasteiger partial charge in [-0.2, -0.15) is 0 Å². The Morgan fingerprint density at radius 1 is 0.882 bits per heavy atom. The van der Waals surface area contributed by atoms with E-state index in [-0.39, 0.29) is 11.6 Å². The average Bonchev–Trinajstić information content (AvgIpc) is 2.74. The summed E-state index contributed by atoms with van der Waals surface area (Å²) in [6.45, 7) is 19.2. The molecule has 3 heteroatoms. The van der Waals surface area contributed by atoms with Crippen molar-refractivity contribution < 1.29 is 14.3 Å². The van der Waals surface area contributed by atoms with E-state index < -0.39 is 0 Å². The Balaban J connectivity index is 1.84. The zero-order chi connectivity index (χ0) is 25.5. The summed E-state index contributed by atoms with van der Waals surface area (Å²) < 4.78 is 12.1. The Morgan fingerprint density at radius 2 is 1.44 bits per heavy atom. The van der Waals surface area contributed by atoms with Crippen molar-refractivity contribution in [2.24, 2.45) is 17.8 Å². The first-order chi connectivity index (χ1) is 15.9. The quantitative estimate of drug-likeness (QED) is 0.213. The van der Waals surface area contributed by atoms with Crippen LogP contribution in [0.15, 0.2) is 6.08 Å². The molecule has 1 aliphatic heterocycles. The molecule has 1 heterocycles. The summed E-state index contributed by atoms with van der Waals surface area (Å²) in [6.07, 6.45) is 16.0. The minimum absolute atomic E-state index is 0.286. The fourth-order valence-corrected chi connectivity index (χ4v) is 5.19. The van der Waals surface area contributed by atoms with Gasteiger partial charge in [0.1, 0.15) is 17.1 Å². The molecule has 0 saturated heterocycles. The maximum Gasteiger partial charge on any atom is 0.308 e. The van der Waals surface area contributed by atoms with Crippen LogP contribution in [0.5, 0.6) is 11.5 Å². The number of esters is 1. The molecule has 0 spiro atoms. The van der Waals surface area contributed by atoms with Crippen LogP contribution in [0.2, 0.25) is 0 Å². The van der Waals surface area contributed by atoms with E-state index in [4.69, 9.17) is 9.47 Å². The number of benzene rings is 1. The predicted octanol–water partition coefficient (Wildman–Crippen LogP) is 9.14. The fraction of sp³-hybridized carbons (Fsp3) is 0.710. The van der Waals surface area contributed by atoms with Gasteiger partial charge in [-0.3, -0.25) is 4.79 Å². The van der Waals surface area contributed by atoms with E-state index in [9.17, 15) is 4.79 Å². The van der Waals surface area contributed by atoms with Crippen LogP contribution in [0.3, 0.4) is 0 Å². The highest BCUT2D eigenvalue weighted by Gasteiger charge is 2.31. The molecule has 0 N–H and O–H groups in total. The van der Waals surface area contributed by atoms with E-state index in [1.165, 1.54) is 58.3 Å². The van der Waals surface area contributed by atoms with Gasteiger partial charge in [0, 0.05) is 18.1 Å². The number of fused-ring (bicyclic) bond motifs is 1. The Labute approximate surface area is 209 Å². The van der Waals surface area contributed by atoms with Crippen LogP contribution in [-0.2, 0) is 4.79 Å². The molecule has 34 heavy (non-hydrogen) atoms. The molecular formula is C31H50O3. The molecule has 192 valence electrons. The molecule has 0 aliphatic carbocycles. The first kappa shape index (κ1) is 28.5. The van der Waals surface area contributed by atoms with Gasteiger partial charge in [0.15, 0.2) is 0 Å². The van der Waals surface area contributed by atoms with Crippen molar-refractivity contribution in [1.29, 1.82) is 0 Å². The van der Waals surface area contributed by atoms with Crippen LogP contribution in [0.1, 0.15) is 122 Å². The first-order valence-corrected chi connectivity index (χ1v) is 13.6. The molecule has 0 amide bonds. The second kappa shape index (κ2) is 12.8. The van der Waals surface area contributed by atoms with E-state index in [0.29, 0.717) is 5.75 Å². The summed E-state index contributed by atoms with van der Waals surface area (Å²) in [4.78, 5) is 11.6. The van der Waals surface area contributed by atoms with E-state index in [0.717, 1.165) is 52.2 Å². The second-order valence-corrected chi connectivity index (χ2v) is 11.6. The smallest absolute Gasteiger partial charge is 0.308 e. The highest BCUT2D eigenvalue weighted by molar-refractivity contribution is 5.76. The van der Waals surface area contributed by atoms with Crippen LogP contribution >= 0.6 is 0 Å².